The molecule has 1 aromatic carbocycles. The standard InChI is InChI=1S/C13H13N5OS/c1-19-7-11-15-16-13-18(11)17-12(20-13)9-2-3-10-8(6-9)4-5-14-10/h2-3,6,14H,4-5,7H2,1H3. The molecule has 0 amide bonds. The molecule has 2 aromatic heterocycles. The fourth-order valence-corrected chi connectivity index (χ4v) is 3.29. The largest absolute Gasteiger partial charge is 0.384 e. The minimum absolute atomic E-state index is 0.415. The Labute approximate surface area is 119 Å². The Kier molecular flexibility index (Phi) is 2.68. The number of aromatic nitrogens is 4. The van der Waals surface area contributed by atoms with Crippen LogP contribution in [0.15, 0.2) is 18.2 Å². The lowest BCUT2D eigenvalue weighted by atomic mass is 10.1. The van der Waals surface area contributed by atoms with Gasteiger partial charge >= 0.3 is 0 Å². The van der Waals surface area contributed by atoms with Crippen molar-refractivity contribution in [2.75, 3.05) is 19.0 Å². The Hall–Kier alpha value is -1.99. The average Bonchev–Trinajstić information content (AvgIpc) is 3.14. The van der Waals surface area contributed by atoms with Crippen LogP contribution in [0.1, 0.15) is 11.4 Å². The van der Waals surface area contributed by atoms with Gasteiger partial charge in [0.15, 0.2) is 5.82 Å². The van der Waals surface area contributed by atoms with E-state index in [2.05, 4.69) is 38.8 Å². The van der Waals surface area contributed by atoms with Crippen LogP contribution in [-0.4, -0.2) is 33.5 Å². The van der Waals surface area contributed by atoms with E-state index in [1.807, 2.05) is 0 Å². The molecule has 20 heavy (non-hydrogen) atoms. The number of benzene rings is 1. The fraction of sp³-hybridized carbons (Fsp3) is 0.308. The lowest BCUT2D eigenvalue weighted by Gasteiger charge is -2.01. The highest BCUT2D eigenvalue weighted by Crippen LogP contribution is 2.31. The topological polar surface area (TPSA) is 64.3 Å². The van der Waals surface area contributed by atoms with E-state index in [9.17, 15) is 0 Å². The molecule has 0 spiro atoms. The fourth-order valence-electron chi connectivity index (χ4n) is 2.43. The van der Waals surface area contributed by atoms with E-state index in [4.69, 9.17) is 4.74 Å². The summed E-state index contributed by atoms with van der Waals surface area (Å²) in [4.78, 5) is 0.797. The van der Waals surface area contributed by atoms with Crippen molar-refractivity contribution in [2.24, 2.45) is 0 Å². The maximum absolute atomic E-state index is 5.10. The number of anilines is 1. The molecule has 0 unspecified atom stereocenters. The van der Waals surface area contributed by atoms with Crippen LogP contribution < -0.4 is 5.32 Å². The van der Waals surface area contributed by atoms with Gasteiger partial charge in [0.25, 0.3) is 0 Å². The van der Waals surface area contributed by atoms with Crippen LogP contribution >= 0.6 is 11.3 Å². The Morgan fingerprint density at radius 1 is 1.40 bits per heavy atom. The van der Waals surface area contributed by atoms with E-state index in [0.29, 0.717) is 6.61 Å². The van der Waals surface area contributed by atoms with Crippen LogP contribution in [0.25, 0.3) is 15.5 Å². The molecular weight excluding hydrogens is 274 g/mol. The first-order valence-corrected chi connectivity index (χ1v) is 7.24. The molecule has 3 heterocycles. The first-order valence-electron chi connectivity index (χ1n) is 6.42. The van der Waals surface area contributed by atoms with Gasteiger partial charge in [0.2, 0.25) is 4.96 Å². The van der Waals surface area contributed by atoms with Crippen molar-refractivity contribution >= 4 is 22.0 Å². The van der Waals surface area contributed by atoms with Gasteiger partial charge in [-0.3, -0.25) is 0 Å². The summed E-state index contributed by atoms with van der Waals surface area (Å²) >= 11 is 1.54. The molecule has 3 aromatic rings. The second-order valence-electron chi connectivity index (χ2n) is 4.70. The normalized spacial score (nSPS) is 13.7. The van der Waals surface area contributed by atoms with Gasteiger partial charge < -0.3 is 10.1 Å². The molecule has 6 nitrogen and oxygen atoms in total. The van der Waals surface area contributed by atoms with Gasteiger partial charge in [-0.15, -0.1) is 10.2 Å². The predicted molar refractivity (Wildman–Crippen MR) is 77.0 cm³/mol. The van der Waals surface area contributed by atoms with Crippen LogP contribution in [0.5, 0.6) is 0 Å². The third-order valence-electron chi connectivity index (χ3n) is 3.39. The van der Waals surface area contributed by atoms with Crippen LogP contribution in [-0.2, 0) is 17.8 Å². The van der Waals surface area contributed by atoms with Crippen molar-refractivity contribution in [1.29, 1.82) is 0 Å². The van der Waals surface area contributed by atoms with Crippen LogP contribution in [0.4, 0.5) is 5.69 Å². The number of hydrogen-bond acceptors (Lipinski definition) is 6. The molecule has 1 aliphatic rings. The summed E-state index contributed by atoms with van der Waals surface area (Å²) in [6.07, 6.45) is 1.07. The summed E-state index contributed by atoms with van der Waals surface area (Å²) in [5, 5.41) is 17.1. The molecule has 7 heteroatoms. The zero-order valence-electron chi connectivity index (χ0n) is 11.0. The highest BCUT2D eigenvalue weighted by Gasteiger charge is 2.15. The summed E-state index contributed by atoms with van der Waals surface area (Å²) in [5.41, 5.74) is 3.72. The van der Waals surface area contributed by atoms with Crippen molar-refractivity contribution in [3.63, 3.8) is 0 Å². The molecule has 0 fully saturated rings. The Morgan fingerprint density at radius 3 is 3.25 bits per heavy atom. The lowest BCUT2D eigenvalue weighted by Crippen LogP contribution is -1.97. The van der Waals surface area contributed by atoms with E-state index in [0.717, 1.165) is 34.3 Å². The van der Waals surface area contributed by atoms with Crippen LogP contribution in [0.2, 0.25) is 0 Å². The van der Waals surface area contributed by atoms with Crippen molar-refractivity contribution in [3.05, 3.63) is 29.6 Å². The Balaban J connectivity index is 1.78. The van der Waals surface area contributed by atoms with Crippen molar-refractivity contribution in [2.45, 2.75) is 13.0 Å². The van der Waals surface area contributed by atoms with Crippen molar-refractivity contribution in [1.82, 2.24) is 19.8 Å². The molecule has 0 atom stereocenters. The zero-order valence-corrected chi connectivity index (χ0v) is 11.8. The van der Waals surface area contributed by atoms with Gasteiger partial charge in [-0.25, -0.2) is 0 Å². The van der Waals surface area contributed by atoms with Gasteiger partial charge in [0, 0.05) is 24.9 Å². The third kappa shape index (κ3) is 1.78. The van der Waals surface area contributed by atoms with Gasteiger partial charge in [-0.1, -0.05) is 11.3 Å². The second kappa shape index (κ2) is 4.53. The molecule has 0 aliphatic carbocycles. The van der Waals surface area contributed by atoms with Crippen LogP contribution in [0, 0.1) is 0 Å². The van der Waals surface area contributed by atoms with Crippen LogP contribution in [0.3, 0.4) is 0 Å². The summed E-state index contributed by atoms with van der Waals surface area (Å²) in [7, 11) is 1.64. The quantitative estimate of drug-likeness (QED) is 0.798. The number of nitrogens with one attached hydrogen (secondary N) is 1. The Bertz CT molecular complexity index is 778. The maximum Gasteiger partial charge on any atom is 0.235 e. The first kappa shape index (κ1) is 11.8. The molecular formula is C13H13N5OS. The Morgan fingerprint density at radius 2 is 2.35 bits per heavy atom. The van der Waals surface area contributed by atoms with Gasteiger partial charge in [-0.2, -0.15) is 9.61 Å². The lowest BCUT2D eigenvalue weighted by molar-refractivity contribution is 0.176. The molecule has 102 valence electrons. The monoisotopic (exact) mass is 287 g/mol. The summed E-state index contributed by atoms with van der Waals surface area (Å²) < 4.78 is 6.86. The number of rotatable bonds is 3. The molecule has 0 radical (unpaired) electrons. The zero-order chi connectivity index (χ0) is 13.5. The van der Waals surface area contributed by atoms with E-state index in [1.165, 1.54) is 11.3 Å². The maximum atomic E-state index is 5.10. The highest BCUT2D eigenvalue weighted by atomic mass is 32.1. The second-order valence-corrected chi connectivity index (χ2v) is 5.66. The van der Waals surface area contributed by atoms with E-state index in [1.54, 1.807) is 23.0 Å². The average molecular weight is 287 g/mol. The highest BCUT2D eigenvalue weighted by molar-refractivity contribution is 7.19. The van der Waals surface area contributed by atoms with Crippen molar-refractivity contribution < 1.29 is 4.74 Å². The predicted octanol–water partition coefficient (Wildman–Crippen LogP) is 1.97. The molecule has 1 aliphatic heterocycles. The summed E-state index contributed by atoms with van der Waals surface area (Å²) in [6.45, 7) is 1.43. The minimum Gasteiger partial charge on any atom is -0.384 e. The summed E-state index contributed by atoms with van der Waals surface area (Å²) in [5.74, 6) is 0.729. The molecule has 1 N–H and O–H groups in total. The smallest absolute Gasteiger partial charge is 0.235 e. The van der Waals surface area contributed by atoms with Gasteiger partial charge in [-0.05, 0) is 30.2 Å². The summed E-state index contributed by atoms with van der Waals surface area (Å²) in [6, 6.07) is 6.42. The number of methoxy groups -OCH3 is 1. The number of fused-ring (bicyclic) bond motifs is 2. The number of nitrogens with zero attached hydrogens (tertiary/aromatic N) is 4. The van der Waals surface area contributed by atoms with E-state index in [-0.39, 0.29) is 0 Å². The van der Waals surface area contributed by atoms with E-state index >= 15 is 0 Å². The minimum atomic E-state index is 0.415. The van der Waals surface area contributed by atoms with Gasteiger partial charge in [0.05, 0.1) is 0 Å². The number of hydrogen-bond donors (Lipinski definition) is 1. The molecule has 4 rings (SSSR count). The number of ether oxygens (including phenoxy) is 1. The third-order valence-corrected chi connectivity index (χ3v) is 4.34. The molecule has 0 saturated carbocycles. The molecule has 0 saturated heterocycles. The van der Waals surface area contributed by atoms with E-state index < -0.39 is 0 Å². The SMILES string of the molecule is COCc1nnc2sc(-c3ccc4c(c3)CCN4)nn12. The van der Waals surface area contributed by atoms with Crippen molar-refractivity contribution in [3.8, 4) is 10.6 Å². The van der Waals surface area contributed by atoms with Gasteiger partial charge in [0.1, 0.15) is 11.6 Å². The molecule has 0 bridgehead atoms. The first-order chi connectivity index (χ1) is 9.85.